The van der Waals surface area contributed by atoms with Crippen LogP contribution in [-0.4, -0.2) is 58.7 Å². The van der Waals surface area contributed by atoms with Gasteiger partial charge in [0.2, 0.25) is 0 Å². The van der Waals surface area contributed by atoms with E-state index < -0.39 is 11.7 Å². The number of rotatable bonds is 7. The number of ether oxygens (including phenoxy) is 1. The molecule has 1 aliphatic rings. The van der Waals surface area contributed by atoms with Crippen LogP contribution >= 0.6 is 11.8 Å². The number of pyridine rings is 1. The van der Waals surface area contributed by atoms with Crippen molar-refractivity contribution in [2.45, 2.75) is 29.4 Å². The summed E-state index contributed by atoms with van der Waals surface area (Å²) in [5.74, 6) is 0.767. The summed E-state index contributed by atoms with van der Waals surface area (Å²) in [5, 5.41) is 22.6. The normalized spacial score (nSPS) is 17.7. The van der Waals surface area contributed by atoms with E-state index in [1.165, 1.54) is 4.90 Å². The Bertz CT molecular complexity index is 972. The highest BCUT2D eigenvalue weighted by Gasteiger charge is 2.34. The zero-order valence-corrected chi connectivity index (χ0v) is 18.0. The number of aliphatic hydroxyl groups is 2. The molecule has 0 aliphatic carbocycles. The molecule has 1 atom stereocenters. The average Bonchev–Trinajstić information content (AvgIpc) is 2.79. The Hall–Kier alpha value is -2.12. The van der Waals surface area contributed by atoms with Gasteiger partial charge in [-0.3, -0.25) is 4.98 Å². The van der Waals surface area contributed by atoms with Crippen LogP contribution in [0.3, 0.4) is 0 Å². The van der Waals surface area contributed by atoms with Crippen LogP contribution in [0.1, 0.15) is 18.4 Å². The van der Waals surface area contributed by atoms with E-state index in [1.807, 2.05) is 60.9 Å². The van der Waals surface area contributed by atoms with Gasteiger partial charge in [-0.05, 0) is 55.5 Å². The average molecular weight is 425 g/mol. The van der Waals surface area contributed by atoms with Crippen LogP contribution in [0.2, 0.25) is 0 Å². The van der Waals surface area contributed by atoms with Gasteiger partial charge < -0.3 is 19.8 Å². The summed E-state index contributed by atoms with van der Waals surface area (Å²) in [6.45, 7) is 2.24. The molecule has 30 heavy (non-hydrogen) atoms. The Kier molecular flexibility index (Phi) is 6.58. The summed E-state index contributed by atoms with van der Waals surface area (Å²) in [6, 6.07) is 17.9. The summed E-state index contributed by atoms with van der Waals surface area (Å²) in [7, 11) is 0. The number of para-hydroxylation sites is 1. The quantitative estimate of drug-likeness (QED) is 0.564. The third kappa shape index (κ3) is 4.95. The molecule has 1 saturated heterocycles. The van der Waals surface area contributed by atoms with E-state index in [-0.39, 0.29) is 6.61 Å². The van der Waals surface area contributed by atoms with Gasteiger partial charge in [-0.1, -0.05) is 18.2 Å². The van der Waals surface area contributed by atoms with E-state index in [4.69, 9.17) is 4.74 Å². The second-order valence-electron chi connectivity index (χ2n) is 7.89. The van der Waals surface area contributed by atoms with Gasteiger partial charge in [0.25, 0.3) is 0 Å². The van der Waals surface area contributed by atoms with Crippen LogP contribution in [0, 0.1) is 0 Å². The summed E-state index contributed by atoms with van der Waals surface area (Å²) in [5.41, 5.74) is 0.945. The predicted molar refractivity (Wildman–Crippen MR) is 121 cm³/mol. The number of fused-ring (bicyclic) bond motifs is 1. The van der Waals surface area contributed by atoms with Crippen LogP contribution in [0.25, 0.3) is 10.9 Å². The molecule has 0 radical (unpaired) electrons. The van der Waals surface area contributed by atoms with Crippen molar-refractivity contribution in [3.8, 4) is 5.75 Å². The zero-order valence-electron chi connectivity index (χ0n) is 17.2. The Morgan fingerprint density at radius 2 is 1.87 bits per heavy atom. The molecule has 1 aliphatic heterocycles. The molecule has 6 heteroatoms. The highest BCUT2D eigenvalue weighted by atomic mass is 32.2. The molecule has 5 nitrogen and oxygen atoms in total. The summed E-state index contributed by atoms with van der Waals surface area (Å²) >= 11 is 1.69. The molecule has 2 heterocycles. The molecule has 0 amide bonds. The first kappa shape index (κ1) is 21.1. The fraction of sp³-hybridized carbons (Fsp3) is 0.375. The predicted octanol–water partition coefficient (Wildman–Crippen LogP) is 3.68. The van der Waals surface area contributed by atoms with Crippen molar-refractivity contribution in [3.63, 3.8) is 0 Å². The number of aromatic nitrogens is 1. The lowest BCUT2D eigenvalue weighted by Gasteiger charge is -2.39. The lowest BCUT2D eigenvalue weighted by atomic mass is 9.84. The summed E-state index contributed by atoms with van der Waals surface area (Å²) < 4.78 is 5.72. The Balaban J connectivity index is 1.28. The number of aliphatic hydroxyl groups excluding tert-OH is 1. The van der Waals surface area contributed by atoms with Crippen molar-refractivity contribution in [1.29, 1.82) is 0 Å². The van der Waals surface area contributed by atoms with Gasteiger partial charge >= 0.3 is 0 Å². The van der Waals surface area contributed by atoms with Crippen LogP contribution in [0.15, 0.2) is 65.7 Å². The number of thioether (sulfide) groups is 1. The first-order chi connectivity index (χ1) is 14.6. The molecule has 3 aromatic rings. The van der Waals surface area contributed by atoms with Crippen LogP contribution in [0.5, 0.6) is 5.75 Å². The monoisotopic (exact) mass is 424 g/mol. The number of hydrogen-bond acceptors (Lipinski definition) is 6. The molecule has 4 rings (SSSR count). The molecular weight excluding hydrogens is 396 g/mol. The number of hydrogen-bond donors (Lipinski definition) is 2. The third-order valence-electron chi connectivity index (χ3n) is 5.78. The molecule has 2 N–H and O–H groups in total. The molecule has 158 valence electrons. The van der Waals surface area contributed by atoms with Crippen molar-refractivity contribution in [2.75, 3.05) is 32.5 Å². The molecule has 2 aromatic carbocycles. The lowest BCUT2D eigenvalue weighted by molar-refractivity contribution is -0.0373. The van der Waals surface area contributed by atoms with Gasteiger partial charge in [0.15, 0.2) is 0 Å². The first-order valence-electron chi connectivity index (χ1n) is 10.3. The van der Waals surface area contributed by atoms with E-state index in [9.17, 15) is 10.2 Å². The smallest absolute Gasteiger partial charge is 0.119 e. The van der Waals surface area contributed by atoms with E-state index in [0.29, 0.717) is 19.4 Å². The van der Waals surface area contributed by atoms with Crippen LogP contribution in [-0.2, 0) is 5.60 Å². The number of nitrogens with zero attached hydrogens (tertiary/aromatic N) is 2. The number of piperidine rings is 1. The van der Waals surface area contributed by atoms with Gasteiger partial charge in [0, 0.05) is 41.7 Å². The lowest BCUT2D eigenvalue weighted by Crippen LogP contribution is -2.46. The largest absolute Gasteiger partial charge is 0.491 e. The van der Waals surface area contributed by atoms with Gasteiger partial charge in [0.05, 0.1) is 11.1 Å². The molecule has 0 saturated carbocycles. The maximum Gasteiger partial charge on any atom is 0.119 e. The maximum absolute atomic E-state index is 11.2. The van der Waals surface area contributed by atoms with Gasteiger partial charge in [0.1, 0.15) is 18.5 Å². The van der Waals surface area contributed by atoms with E-state index in [1.54, 1.807) is 18.0 Å². The number of benzene rings is 2. The third-order valence-corrected chi connectivity index (χ3v) is 6.53. The molecule has 0 spiro atoms. The second-order valence-corrected chi connectivity index (χ2v) is 8.77. The fourth-order valence-electron chi connectivity index (χ4n) is 3.93. The first-order valence-corrected chi connectivity index (χ1v) is 11.5. The highest BCUT2D eigenvalue weighted by molar-refractivity contribution is 7.98. The van der Waals surface area contributed by atoms with Crippen LogP contribution < -0.4 is 4.74 Å². The van der Waals surface area contributed by atoms with Gasteiger partial charge in [-0.15, -0.1) is 11.8 Å². The second kappa shape index (κ2) is 9.35. The maximum atomic E-state index is 11.2. The molecule has 0 bridgehead atoms. The van der Waals surface area contributed by atoms with E-state index in [0.717, 1.165) is 35.3 Å². The van der Waals surface area contributed by atoms with Crippen molar-refractivity contribution in [1.82, 2.24) is 9.88 Å². The molecule has 0 unspecified atom stereocenters. The minimum absolute atomic E-state index is 0.258. The van der Waals surface area contributed by atoms with Crippen molar-refractivity contribution >= 4 is 22.7 Å². The zero-order chi connectivity index (χ0) is 21.0. The van der Waals surface area contributed by atoms with E-state index >= 15 is 0 Å². The Morgan fingerprint density at radius 1 is 1.13 bits per heavy atom. The van der Waals surface area contributed by atoms with Crippen molar-refractivity contribution in [2.24, 2.45) is 0 Å². The van der Waals surface area contributed by atoms with Crippen LogP contribution in [0.4, 0.5) is 0 Å². The molecule has 1 fully saturated rings. The van der Waals surface area contributed by atoms with Crippen molar-refractivity contribution < 1.29 is 14.9 Å². The number of likely N-dealkylation sites (tertiary alicyclic amines) is 1. The summed E-state index contributed by atoms with van der Waals surface area (Å²) in [4.78, 5) is 7.88. The highest BCUT2D eigenvalue weighted by Crippen LogP contribution is 2.33. The van der Waals surface area contributed by atoms with Crippen molar-refractivity contribution in [3.05, 3.63) is 66.4 Å². The Labute approximate surface area is 181 Å². The SMILES string of the molecule is CSc1ccc(OC[C@@H](O)CN2CCC(O)(c3cnc4ccccc4c3)CC2)cc1. The number of β-amino-alcohol motifs (C(OH)–C–C–N with tert-alkyl or cyclic N) is 1. The fourth-order valence-corrected chi connectivity index (χ4v) is 4.34. The van der Waals surface area contributed by atoms with E-state index in [2.05, 4.69) is 9.88 Å². The minimum atomic E-state index is -0.867. The van der Waals surface area contributed by atoms with Gasteiger partial charge in [-0.25, -0.2) is 0 Å². The molecular formula is C24H28N2O3S. The summed E-state index contributed by atoms with van der Waals surface area (Å²) in [6.07, 6.45) is 4.51. The Morgan fingerprint density at radius 3 is 2.60 bits per heavy atom. The minimum Gasteiger partial charge on any atom is -0.491 e. The molecule has 1 aromatic heterocycles. The van der Waals surface area contributed by atoms with Gasteiger partial charge in [-0.2, -0.15) is 0 Å². The standard InChI is InChI=1S/C24H28N2O3S/c1-30-22-8-6-21(7-9-22)29-17-20(27)16-26-12-10-24(28,11-13-26)19-14-18-4-2-3-5-23(18)25-15-19/h2-9,14-15,20,27-28H,10-13,16-17H2,1H3/t20-/m0/s1. The topological polar surface area (TPSA) is 65.8 Å².